The Morgan fingerprint density at radius 2 is 2.14 bits per heavy atom. The molecule has 4 heteroatoms. The minimum Gasteiger partial charge on any atom is -0.377 e. The first-order valence-corrected chi connectivity index (χ1v) is 8.79. The van der Waals surface area contributed by atoms with E-state index in [4.69, 9.17) is 4.74 Å². The fraction of sp³-hybridized carbons (Fsp3) is 0.941. The molecule has 2 saturated carbocycles. The van der Waals surface area contributed by atoms with Crippen molar-refractivity contribution >= 4 is 0 Å². The third-order valence-corrected chi connectivity index (χ3v) is 5.38. The molecule has 118 valence electrons. The molecule has 0 radical (unpaired) electrons. The van der Waals surface area contributed by atoms with Crippen molar-refractivity contribution in [2.24, 2.45) is 0 Å². The summed E-state index contributed by atoms with van der Waals surface area (Å²) in [7, 11) is 0. The van der Waals surface area contributed by atoms with Crippen LogP contribution in [-0.2, 0) is 4.74 Å². The van der Waals surface area contributed by atoms with E-state index < -0.39 is 0 Å². The topological polar surface area (TPSA) is 48.3 Å². The fourth-order valence-corrected chi connectivity index (χ4v) is 4.03. The maximum absolute atomic E-state index is 9.72. The Labute approximate surface area is 128 Å². The number of hydrogen-bond donors (Lipinski definition) is 1. The van der Waals surface area contributed by atoms with Crippen LogP contribution in [0.4, 0.5) is 0 Å². The van der Waals surface area contributed by atoms with Crippen molar-refractivity contribution in [1.82, 2.24) is 10.2 Å². The van der Waals surface area contributed by atoms with Crippen molar-refractivity contribution in [3.63, 3.8) is 0 Å². The molecule has 3 rings (SSSR count). The molecule has 0 bridgehead atoms. The van der Waals surface area contributed by atoms with Gasteiger partial charge in [-0.25, -0.2) is 0 Å². The number of nitrogens with zero attached hydrogens (tertiary/aromatic N) is 2. The number of rotatable bonds is 6. The van der Waals surface area contributed by atoms with Crippen molar-refractivity contribution in [2.45, 2.75) is 82.0 Å². The first kappa shape index (κ1) is 15.3. The largest absolute Gasteiger partial charge is 0.377 e. The highest BCUT2D eigenvalue weighted by Crippen LogP contribution is 2.34. The Bertz CT molecular complexity index is 384. The lowest BCUT2D eigenvalue weighted by molar-refractivity contribution is 0.0425. The van der Waals surface area contributed by atoms with E-state index in [-0.39, 0.29) is 5.54 Å². The quantitative estimate of drug-likeness (QED) is 0.816. The fourth-order valence-electron chi connectivity index (χ4n) is 4.03. The Hall–Kier alpha value is -0.630. The SMILES string of the molecule is CCN(CC1CCCO1)C1CCCC(C#N)(NC2CC2)C1. The summed E-state index contributed by atoms with van der Waals surface area (Å²) in [6, 6.07) is 3.77. The summed E-state index contributed by atoms with van der Waals surface area (Å²) in [5, 5.41) is 13.4. The van der Waals surface area contributed by atoms with E-state index in [2.05, 4.69) is 23.2 Å². The van der Waals surface area contributed by atoms with Crippen LogP contribution in [0.3, 0.4) is 0 Å². The average molecular weight is 291 g/mol. The van der Waals surface area contributed by atoms with Gasteiger partial charge in [0.2, 0.25) is 0 Å². The molecule has 3 atom stereocenters. The van der Waals surface area contributed by atoms with E-state index >= 15 is 0 Å². The standard InChI is InChI=1S/C17H29N3O/c1-2-20(12-16-6-4-10-21-16)15-5-3-9-17(11-15,13-18)19-14-7-8-14/h14-16,19H,2-12H2,1H3. The van der Waals surface area contributed by atoms with Gasteiger partial charge in [0.15, 0.2) is 0 Å². The molecule has 0 aromatic rings. The van der Waals surface area contributed by atoms with Crippen molar-refractivity contribution < 1.29 is 4.74 Å². The molecule has 1 heterocycles. The molecular formula is C17H29N3O. The van der Waals surface area contributed by atoms with Crippen molar-refractivity contribution in [1.29, 1.82) is 5.26 Å². The molecule has 0 aromatic carbocycles. The van der Waals surface area contributed by atoms with E-state index in [1.807, 2.05) is 0 Å². The molecule has 2 aliphatic carbocycles. The van der Waals surface area contributed by atoms with E-state index in [1.54, 1.807) is 0 Å². The van der Waals surface area contributed by atoms with E-state index in [0.29, 0.717) is 18.2 Å². The van der Waals surface area contributed by atoms with Crippen LogP contribution in [0.1, 0.15) is 58.3 Å². The van der Waals surface area contributed by atoms with Crippen LogP contribution in [-0.4, -0.2) is 48.3 Å². The highest BCUT2D eigenvalue weighted by Gasteiger charge is 2.42. The van der Waals surface area contributed by atoms with Gasteiger partial charge in [0, 0.05) is 25.2 Å². The lowest BCUT2D eigenvalue weighted by Crippen LogP contribution is -2.54. The summed E-state index contributed by atoms with van der Waals surface area (Å²) in [4.78, 5) is 2.57. The van der Waals surface area contributed by atoms with Gasteiger partial charge in [0.05, 0.1) is 12.2 Å². The second kappa shape index (κ2) is 6.64. The molecule has 3 unspecified atom stereocenters. The minimum absolute atomic E-state index is 0.270. The molecule has 3 fully saturated rings. The van der Waals surface area contributed by atoms with E-state index in [1.165, 1.54) is 38.5 Å². The van der Waals surface area contributed by atoms with Gasteiger partial charge in [0.1, 0.15) is 5.54 Å². The molecule has 1 N–H and O–H groups in total. The van der Waals surface area contributed by atoms with E-state index in [9.17, 15) is 5.26 Å². The van der Waals surface area contributed by atoms with E-state index in [0.717, 1.165) is 32.5 Å². The highest BCUT2D eigenvalue weighted by atomic mass is 16.5. The lowest BCUT2D eigenvalue weighted by atomic mass is 9.79. The van der Waals surface area contributed by atoms with Crippen LogP contribution in [0.5, 0.6) is 0 Å². The second-order valence-corrected chi connectivity index (χ2v) is 7.09. The molecule has 21 heavy (non-hydrogen) atoms. The van der Waals surface area contributed by atoms with Crippen LogP contribution < -0.4 is 5.32 Å². The second-order valence-electron chi connectivity index (χ2n) is 7.09. The summed E-state index contributed by atoms with van der Waals surface area (Å²) in [6.07, 6.45) is 9.73. The van der Waals surface area contributed by atoms with Crippen LogP contribution >= 0.6 is 0 Å². The third kappa shape index (κ3) is 3.77. The Kier molecular flexibility index (Phi) is 4.83. The number of nitriles is 1. The van der Waals surface area contributed by atoms with Gasteiger partial charge >= 0.3 is 0 Å². The maximum atomic E-state index is 9.72. The van der Waals surface area contributed by atoms with Crippen LogP contribution in [0.15, 0.2) is 0 Å². The summed E-state index contributed by atoms with van der Waals surface area (Å²) >= 11 is 0. The van der Waals surface area contributed by atoms with Gasteiger partial charge in [-0.15, -0.1) is 0 Å². The predicted molar refractivity (Wildman–Crippen MR) is 83.0 cm³/mol. The van der Waals surface area contributed by atoms with Gasteiger partial charge in [-0.1, -0.05) is 6.92 Å². The van der Waals surface area contributed by atoms with Gasteiger partial charge in [-0.2, -0.15) is 5.26 Å². The Balaban J connectivity index is 1.60. The molecule has 4 nitrogen and oxygen atoms in total. The zero-order chi connectivity index (χ0) is 14.7. The summed E-state index contributed by atoms with van der Waals surface area (Å²) in [5.74, 6) is 0. The average Bonchev–Trinajstić information content (AvgIpc) is 3.16. The Morgan fingerprint density at radius 3 is 2.76 bits per heavy atom. The normalized spacial score (nSPS) is 36.8. The predicted octanol–water partition coefficient (Wildman–Crippen LogP) is 2.44. The van der Waals surface area contributed by atoms with Gasteiger partial charge in [-0.3, -0.25) is 10.2 Å². The first-order valence-electron chi connectivity index (χ1n) is 8.79. The highest BCUT2D eigenvalue weighted by molar-refractivity contribution is 5.13. The molecule has 0 amide bonds. The van der Waals surface area contributed by atoms with Crippen molar-refractivity contribution in [3.05, 3.63) is 0 Å². The van der Waals surface area contributed by atoms with Gasteiger partial charge in [-0.05, 0) is 57.9 Å². The van der Waals surface area contributed by atoms with Crippen LogP contribution in [0.25, 0.3) is 0 Å². The molecule has 3 aliphatic rings. The molecule has 1 aliphatic heterocycles. The lowest BCUT2D eigenvalue weighted by Gasteiger charge is -2.42. The zero-order valence-corrected chi connectivity index (χ0v) is 13.3. The number of nitrogens with one attached hydrogen (secondary N) is 1. The molecule has 0 aromatic heterocycles. The summed E-state index contributed by atoms with van der Waals surface area (Å²) < 4.78 is 5.81. The number of likely N-dealkylation sites (N-methyl/N-ethyl adjacent to an activating group) is 1. The third-order valence-electron chi connectivity index (χ3n) is 5.38. The number of hydrogen-bond acceptors (Lipinski definition) is 4. The maximum Gasteiger partial charge on any atom is 0.108 e. The van der Waals surface area contributed by atoms with Crippen LogP contribution in [0, 0.1) is 11.3 Å². The smallest absolute Gasteiger partial charge is 0.108 e. The summed E-state index contributed by atoms with van der Waals surface area (Å²) in [5.41, 5.74) is -0.270. The van der Waals surface area contributed by atoms with Gasteiger partial charge in [0.25, 0.3) is 0 Å². The Morgan fingerprint density at radius 1 is 1.29 bits per heavy atom. The molecule has 0 spiro atoms. The molecular weight excluding hydrogens is 262 g/mol. The van der Waals surface area contributed by atoms with Crippen LogP contribution in [0.2, 0.25) is 0 Å². The number of ether oxygens (including phenoxy) is 1. The monoisotopic (exact) mass is 291 g/mol. The van der Waals surface area contributed by atoms with Crippen molar-refractivity contribution in [2.75, 3.05) is 19.7 Å². The minimum atomic E-state index is -0.270. The van der Waals surface area contributed by atoms with Gasteiger partial charge < -0.3 is 4.74 Å². The first-order chi connectivity index (χ1) is 10.2. The molecule has 1 saturated heterocycles. The zero-order valence-electron chi connectivity index (χ0n) is 13.3. The summed E-state index contributed by atoms with van der Waals surface area (Å²) in [6.45, 7) is 5.28. The van der Waals surface area contributed by atoms with Crippen molar-refractivity contribution in [3.8, 4) is 6.07 Å².